The number of anilines is 1. The summed E-state index contributed by atoms with van der Waals surface area (Å²) in [6.45, 7) is 6.74. The van der Waals surface area contributed by atoms with Crippen LogP contribution in [0.4, 0.5) is 5.69 Å². The lowest BCUT2D eigenvalue weighted by Crippen LogP contribution is -2.42. The lowest BCUT2D eigenvalue weighted by Gasteiger charge is -2.33. The quantitative estimate of drug-likeness (QED) is 0.667. The largest absolute Gasteiger partial charge is 0.336 e. The predicted octanol–water partition coefficient (Wildman–Crippen LogP) is 4.76. The fraction of sp³-hybridized carbons (Fsp3) is 0.320. The summed E-state index contributed by atoms with van der Waals surface area (Å²) >= 11 is 0. The molecule has 2 heterocycles. The highest BCUT2D eigenvalue weighted by Crippen LogP contribution is 2.23. The first-order valence-electron chi connectivity index (χ1n) is 10.8. The third-order valence-corrected chi connectivity index (χ3v) is 5.91. The third kappa shape index (κ3) is 4.38. The zero-order chi connectivity index (χ0) is 22.0. The van der Waals surface area contributed by atoms with E-state index in [1.54, 1.807) is 22.9 Å². The van der Waals surface area contributed by atoms with Crippen molar-refractivity contribution < 1.29 is 9.59 Å². The molecule has 1 fully saturated rings. The Kier molecular flexibility index (Phi) is 5.89. The van der Waals surface area contributed by atoms with E-state index in [0.29, 0.717) is 16.9 Å². The average molecular weight is 417 g/mol. The molecular weight excluding hydrogens is 388 g/mol. The monoisotopic (exact) mass is 416 g/mol. The fourth-order valence-electron chi connectivity index (χ4n) is 4.10. The topological polar surface area (TPSA) is 67.2 Å². The van der Waals surface area contributed by atoms with E-state index in [1.165, 1.54) is 6.42 Å². The molecule has 2 amide bonds. The first-order chi connectivity index (χ1) is 14.9. The van der Waals surface area contributed by atoms with Crippen molar-refractivity contribution >= 4 is 17.5 Å². The number of aromatic nitrogens is 2. The van der Waals surface area contributed by atoms with Crippen LogP contribution in [0.3, 0.4) is 0 Å². The number of carbonyl (C=O) groups is 2. The van der Waals surface area contributed by atoms with Gasteiger partial charge in [-0.3, -0.25) is 9.59 Å². The summed E-state index contributed by atoms with van der Waals surface area (Å²) in [5.74, 6) is -0.213. The Morgan fingerprint density at radius 1 is 1.03 bits per heavy atom. The van der Waals surface area contributed by atoms with Crippen LogP contribution < -0.4 is 5.32 Å². The Bertz CT molecular complexity index is 1100. The second-order valence-electron chi connectivity index (χ2n) is 8.25. The highest BCUT2D eigenvalue weighted by Gasteiger charge is 2.24. The Balaban J connectivity index is 1.50. The minimum atomic E-state index is -0.274. The van der Waals surface area contributed by atoms with Gasteiger partial charge in [-0.1, -0.05) is 18.2 Å². The standard InChI is InChI=1S/C25H28N4O2/c1-17-15-20(25(31)28-14-8-7-9-18(28)2)12-13-22(17)26-24(30)23-16-19(3)29(27-23)21-10-5-4-6-11-21/h4-6,10-13,15-16,18H,7-9,14H2,1-3H3,(H,26,30). The lowest BCUT2D eigenvalue weighted by atomic mass is 10.0. The number of hydrogen-bond donors (Lipinski definition) is 1. The number of carbonyl (C=O) groups excluding carboxylic acids is 2. The van der Waals surface area contributed by atoms with Gasteiger partial charge in [0.1, 0.15) is 0 Å². The highest BCUT2D eigenvalue weighted by molar-refractivity contribution is 6.04. The molecule has 1 saturated heterocycles. The number of hydrogen-bond acceptors (Lipinski definition) is 3. The van der Waals surface area contributed by atoms with Crippen LogP contribution in [-0.4, -0.2) is 39.1 Å². The summed E-state index contributed by atoms with van der Waals surface area (Å²) in [5.41, 5.74) is 4.33. The second-order valence-corrected chi connectivity index (χ2v) is 8.25. The molecule has 0 spiro atoms. The lowest BCUT2D eigenvalue weighted by molar-refractivity contribution is 0.0635. The van der Waals surface area contributed by atoms with Gasteiger partial charge in [-0.2, -0.15) is 5.10 Å². The molecule has 0 saturated carbocycles. The van der Waals surface area contributed by atoms with Gasteiger partial charge in [0.15, 0.2) is 5.69 Å². The van der Waals surface area contributed by atoms with E-state index in [4.69, 9.17) is 0 Å². The Morgan fingerprint density at radius 3 is 2.52 bits per heavy atom. The van der Waals surface area contributed by atoms with Crippen LogP contribution in [-0.2, 0) is 0 Å². The van der Waals surface area contributed by atoms with Crippen LogP contribution in [0.5, 0.6) is 0 Å². The number of piperidine rings is 1. The number of benzene rings is 2. The fourth-order valence-corrected chi connectivity index (χ4v) is 4.10. The van der Waals surface area contributed by atoms with E-state index in [9.17, 15) is 9.59 Å². The van der Waals surface area contributed by atoms with E-state index in [1.807, 2.05) is 55.1 Å². The summed E-state index contributed by atoms with van der Waals surface area (Å²) in [6, 6.07) is 17.2. The van der Waals surface area contributed by atoms with Crippen LogP contribution in [0.25, 0.3) is 5.69 Å². The number of amides is 2. The van der Waals surface area contributed by atoms with Gasteiger partial charge in [0.2, 0.25) is 0 Å². The molecule has 1 atom stereocenters. The van der Waals surface area contributed by atoms with Crippen molar-refractivity contribution in [3.8, 4) is 5.69 Å². The van der Waals surface area contributed by atoms with Crippen molar-refractivity contribution in [1.82, 2.24) is 14.7 Å². The summed E-state index contributed by atoms with van der Waals surface area (Å²) in [4.78, 5) is 27.7. The van der Waals surface area contributed by atoms with Crippen molar-refractivity contribution in [2.45, 2.75) is 46.1 Å². The molecule has 1 aromatic heterocycles. The van der Waals surface area contributed by atoms with Gasteiger partial charge in [-0.05, 0) is 82.0 Å². The number of rotatable bonds is 4. The Hall–Kier alpha value is -3.41. The van der Waals surface area contributed by atoms with Crippen LogP contribution in [0.2, 0.25) is 0 Å². The van der Waals surface area contributed by atoms with Crippen LogP contribution in [0.15, 0.2) is 54.6 Å². The van der Waals surface area contributed by atoms with E-state index in [0.717, 1.165) is 36.3 Å². The normalized spacial score (nSPS) is 16.2. The number of aryl methyl sites for hydroxylation is 2. The van der Waals surface area contributed by atoms with Crippen molar-refractivity contribution in [3.05, 3.63) is 77.1 Å². The zero-order valence-corrected chi connectivity index (χ0v) is 18.3. The van der Waals surface area contributed by atoms with Crippen molar-refractivity contribution in [3.63, 3.8) is 0 Å². The van der Waals surface area contributed by atoms with E-state index in [-0.39, 0.29) is 17.9 Å². The smallest absolute Gasteiger partial charge is 0.276 e. The minimum Gasteiger partial charge on any atom is -0.336 e. The van der Waals surface area contributed by atoms with Crippen LogP contribution >= 0.6 is 0 Å². The molecule has 1 N–H and O–H groups in total. The second kappa shape index (κ2) is 8.76. The van der Waals surface area contributed by atoms with Crippen LogP contribution in [0.1, 0.15) is 58.3 Å². The first-order valence-corrected chi connectivity index (χ1v) is 10.8. The number of likely N-dealkylation sites (tertiary alicyclic amines) is 1. The maximum atomic E-state index is 12.9. The summed E-state index contributed by atoms with van der Waals surface area (Å²) in [7, 11) is 0. The molecule has 6 heteroatoms. The van der Waals surface area contributed by atoms with E-state index < -0.39 is 0 Å². The molecule has 1 aliphatic heterocycles. The van der Waals surface area contributed by atoms with Crippen molar-refractivity contribution in [1.29, 1.82) is 0 Å². The summed E-state index contributed by atoms with van der Waals surface area (Å²) < 4.78 is 1.75. The maximum Gasteiger partial charge on any atom is 0.276 e. The number of nitrogens with zero attached hydrogens (tertiary/aromatic N) is 3. The van der Waals surface area contributed by atoms with Gasteiger partial charge in [0.25, 0.3) is 11.8 Å². The first kappa shape index (κ1) is 20.8. The molecule has 2 aromatic carbocycles. The summed E-state index contributed by atoms with van der Waals surface area (Å²) in [5, 5.41) is 7.40. The molecule has 0 bridgehead atoms. The Labute approximate surface area is 182 Å². The predicted molar refractivity (Wildman–Crippen MR) is 122 cm³/mol. The van der Waals surface area contributed by atoms with Crippen LogP contribution in [0, 0.1) is 13.8 Å². The summed E-state index contributed by atoms with van der Waals surface area (Å²) in [6.07, 6.45) is 3.28. The van der Waals surface area contributed by atoms with Gasteiger partial charge in [0.05, 0.1) is 5.69 Å². The SMILES string of the molecule is Cc1cc(C(=O)N2CCCCC2C)ccc1NC(=O)c1cc(C)n(-c2ccccc2)n1. The van der Waals surface area contributed by atoms with Crippen molar-refractivity contribution in [2.24, 2.45) is 0 Å². The molecule has 1 aliphatic rings. The Morgan fingerprint density at radius 2 is 1.81 bits per heavy atom. The zero-order valence-electron chi connectivity index (χ0n) is 18.3. The minimum absolute atomic E-state index is 0.0606. The van der Waals surface area contributed by atoms with E-state index >= 15 is 0 Å². The number of para-hydroxylation sites is 1. The maximum absolute atomic E-state index is 12.9. The molecule has 1 unspecified atom stereocenters. The van der Waals surface area contributed by atoms with Gasteiger partial charge in [-0.25, -0.2) is 4.68 Å². The van der Waals surface area contributed by atoms with Gasteiger partial charge < -0.3 is 10.2 Å². The molecule has 31 heavy (non-hydrogen) atoms. The van der Waals surface area contributed by atoms with Gasteiger partial charge >= 0.3 is 0 Å². The van der Waals surface area contributed by atoms with E-state index in [2.05, 4.69) is 17.3 Å². The average Bonchev–Trinajstić information content (AvgIpc) is 3.17. The van der Waals surface area contributed by atoms with Gasteiger partial charge in [0, 0.05) is 29.5 Å². The molecule has 3 aromatic rings. The molecule has 4 rings (SSSR count). The number of nitrogens with one attached hydrogen (secondary N) is 1. The highest BCUT2D eigenvalue weighted by atomic mass is 16.2. The molecule has 0 aliphatic carbocycles. The third-order valence-electron chi connectivity index (χ3n) is 5.91. The van der Waals surface area contributed by atoms with Gasteiger partial charge in [-0.15, -0.1) is 0 Å². The molecule has 0 radical (unpaired) electrons. The molecule has 6 nitrogen and oxygen atoms in total. The molecule has 160 valence electrons. The van der Waals surface area contributed by atoms with Crippen molar-refractivity contribution in [2.75, 3.05) is 11.9 Å². The molecular formula is C25H28N4O2.